The van der Waals surface area contributed by atoms with Crippen LogP contribution in [0.2, 0.25) is 5.02 Å². The van der Waals surface area contributed by atoms with Crippen molar-refractivity contribution in [1.82, 2.24) is 15.2 Å². The largest absolute Gasteiger partial charge is 0.481 e. The molecule has 0 bridgehead atoms. The molecule has 4 rings (SSSR count). The fourth-order valence-corrected chi connectivity index (χ4v) is 5.12. The first-order valence-corrected chi connectivity index (χ1v) is 11.7. The average molecular weight is 529 g/mol. The van der Waals surface area contributed by atoms with Crippen molar-refractivity contribution in [2.45, 2.75) is 25.3 Å². The monoisotopic (exact) mass is 528 g/mol. The van der Waals surface area contributed by atoms with Gasteiger partial charge in [-0.15, -0.1) is 11.3 Å². The lowest BCUT2D eigenvalue weighted by Gasteiger charge is -2.37. The maximum atomic E-state index is 14.6. The quantitative estimate of drug-likeness (QED) is 0.523. The number of alkyl halides is 2. The van der Waals surface area contributed by atoms with E-state index in [4.69, 9.17) is 11.6 Å². The Balaban J connectivity index is 1.80. The Morgan fingerprint density at radius 3 is 2.71 bits per heavy atom. The van der Waals surface area contributed by atoms with E-state index in [1.165, 1.54) is 41.5 Å². The summed E-state index contributed by atoms with van der Waals surface area (Å²) in [4.78, 5) is 33.6. The lowest BCUT2D eigenvalue weighted by molar-refractivity contribution is -0.152. The first-order chi connectivity index (χ1) is 16.5. The van der Waals surface area contributed by atoms with Crippen molar-refractivity contribution < 1.29 is 33.0 Å². The van der Waals surface area contributed by atoms with E-state index in [0.29, 0.717) is 5.01 Å². The van der Waals surface area contributed by atoms with Crippen LogP contribution in [0.5, 0.6) is 0 Å². The van der Waals surface area contributed by atoms with Crippen LogP contribution < -0.4 is 5.32 Å². The molecule has 2 atom stereocenters. The normalized spacial score (nSPS) is 22.5. The second-order valence-electron chi connectivity index (χ2n) is 8.40. The van der Waals surface area contributed by atoms with Crippen LogP contribution in [0.3, 0.4) is 0 Å². The predicted molar refractivity (Wildman–Crippen MR) is 122 cm³/mol. The fraction of sp³-hybridized carbons (Fsp3) is 0.364. The molecule has 1 aromatic heterocycles. The van der Waals surface area contributed by atoms with Crippen LogP contribution in [0.15, 0.2) is 40.0 Å². The van der Waals surface area contributed by atoms with Gasteiger partial charge in [0.25, 0.3) is 5.92 Å². The molecule has 3 heterocycles. The lowest BCUT2D eigenvalue weighted by atomic mass is 9.92. The van der Waals surface area contributed by atoms with Crippen molar-refractivity contribution in [3.8, 4) is 0 Å². The molecule has 0 radical (unpaired) electrons. The zero-order chi connectivity index (χ0) is 25.5. The summed E-state index contributed by atoms with van der Waals surface area (Å²) in [6.45, 7) is 0.237. The molecule has 8 nitrogen and oxygen atoms in total. The Kier molecular flexibility index (Phi) is 6.89. The summed E-state index contributed by atoms with van der Waals surface area (Å²) < 4.78 is 43.2. The summed E-state index contributed by atoms with van der Waals surface area (Å²) in [5, 5.41) is 24.0. The van der Waals surface area contributed by atoms with E-state index in [1.54, 1.807) is 5.38 Å². The van der Waals surface area contributed by atoms with E-state index in [-0.39, 0.29) is 46.3 Å². The number of piperidine rings is 1. The highest BCUT2D eigenvalue weighted by molar-refractivity contribution is 7.11. The van der Waals surface area contributed by atoms with Gasteiger partial charge in [0.2, 0.25) is 0 Å². The van der Waals surface area contributed by atoms with Crippen LogP contribution in [-0.4, -0.2) is 63.4 Å². The number of carboxylic acid groups (broad SMARTS) is 2. The zero-order valence-corrected chi connectivity index (χ0v) is 19.8. The molecule has 2 aromatic rings. The Hall–Kier alpha value is -2.96. The number of aryl methyl sites for hydroxylation is 1. The number of hydrogen-bond acceptors (Lipinski definition) is 7. The Morgan fingerprint density at radius 2 is 2.09 bits per heavy atom. The number of carboxylic acids is 2. The van der Waals surface area contributed by atoms with Crippen LogP contribution in [-0.2, 0) is 9.59 Å². The van der Waals surface area contributed by atoms with Crippen molar-refractivity contribution in [2.24, 2.45) is 10.9 Å². The third-order valence-electron chi connectivity index (χ3n) is 5.80. The first kappa shape index (κ1) is 25.1. The lowest BCUT2D eigenvalue weighted by Crippen LogP contribution is -2.51. The Labute approximate surface area is 206 Å². The van der Waals surface area contributed by atoms with Crippen LogP contribution in [0, 0.1) is 18.7 Å². The van der Waals surface area contributed by atoms with Gasteiger partial charge in [-0.3, -0.25) is 14.7 Å². The maximum absolute atomic E-state index is 14.6. The molecule has 13 heteroatoms. The van der Waals surface area contributed by atoms with Crippen molar-refractivity contribution in [1.29, 1.82) is 0 Å². The second-order valence-corrected chi connectivity index (χ2v) is 9.68. The molecule has 1 aromatic carbocycles. The molecule has 2 aliphatic heterocycles. The summed E-state index contributed by atoms with van der Waals surface area (Å²) in [6, 6.07) is 1.65. The number of rotatable bonds is 6. The van der Waals surface area contributed by atoms with Crippen molar-refractivity contribution in [2.75, 3.05) is 19.6 Å². The minimum Gasteiger partial charge on any atom is -0.481 e. The molecule has 0 unspecified atom stereocenters. The number of amidine groups is 1. The number of thiazole rings is 1. The molecule has 2 aliphatic rings. The molecule has 3 N–H and O–H groups in total. The van der Waals surface area contributed by atoms with Crippen LogP contribution in [0.4, 0.5) is 13.2 Å². The molecule has 35 heavy (non-hydrogen) atoms. The van der Waals surface area contributed by atoms with Crippen molar-refractivity contribution in [3.63, 3.8) is 0 Å². The summed E-state index contributed by atoms with van der Waals surface area (Å²) in [6.07, 6.45) is 0.709. The molecule has 0 saturated carbocycles. The van der Waals surface area contributed by atoms with Gasteiger partial charge < -0.3 is 15.5 Å². The summed E-state index contributed by atoms with van der Waals surface area (Å²) in [7, 11) is 0. The topological polar surface area (TPSA) is 115 Å². The Morgan fingerprint density at radius 1 is 1.34 bits per heavy atom. The fourth-order valence-electron chi connectivity index (χ4n) is 4.22. The molecular formula is C22H20ClF3N4O4S. The van der Waals surface area contributed by atoms with Gasteiger partial charge in [-0.2, -0.15) is 0 Å². The minimum absolute atomic E-state index is 0.0154. The third-order valence-corrected chi connectivity index (χ3v) is 6.96. The predicted octanol–water partition coefficient (Wildman–Crippen LogP) is 3.72. The first-order valence-electron chi connectivity index (χ1n) is 10.5. The summed E-state index contributed by atoms with van der Waals surface area (Å²) >= 11 is 7.44. The molecule has 0 aliphatic carbocycles. The number of carbonyl (C=O) groups is 2. The van der Waals surface area contributed by atoms with Gasteiger partial charge in [-0.25, -0.2) is 22.9 Å². The van der Waals surface area contributed by atoms with E-state index >= 15 is 0 Å². The minimum atomic E-state index is -3.27. The molecule has 1 saturated heterocycles. The summed E-state index contributed by atoms with van der Waals surface area (Å²) in [5.74, 6) is -7.91. The van der Waals surface area contributed by atoms with Gasteiger partial charge in [-0.05, 0) is 12.5 Å². The van der Waals surface area contributed by atoms with Gasteiger partial charge in [0.1, 0.15) is 11.9 Å². The Bertz CT molecular complexity index is 1240. The van der Waals surface area contributed by atoms with Gasteiger partial charge in [0.05, 0.1) is 23.1 Å². The van der Waals surface area contributed by atoms with Crippen LogP contribution in [0.1, 0.15) is 28.6 Å². The molecule has 0 spiro atoms. The molecular weight excluding hydrogens is 509 g/mol. The van der Waals surface area contributed by atoms with Gasteiger partial charge in [-0.1, -0.05) is 23.7 Å². The highest BCUT2D eigenvalue weighted by Crippen LogP contribution is 2.38. The standard InChI is InChI=1S/C22H20ClF3N4O4S/c1-10-2-3-12(15(23)16(10)24)17-14(21(33)34)13(28-18(29-17)19-27-4-5-35-19)8-30-7-11(20(31)32)6-22(25,26)9-30/h2-5,11,17H,6-9H2,1H3,(H,28,29)(H,31,32)(H,33,34)/t11-,17+/m1/s1. The van der Waals surface area contributed by atoms with Crippen LogP contribution >= 0.6 is 22.9 Å². The van der Waals surface area contributed by atoms with E-state index in [2.05, 4.69) is 15.3 Å². The third kappa shape index (κ3) is 5.19. The number of likely N-dealkylation sites (tertiary alicyclic amines) is 1. The smallest absolute Gasteiger partial charge is 0.335 e. The van der Waals surface area contributed by atoms with E-state index in [0.717, 1.165) is 0 Å². The van der Waals surface area contributed by atoms with Gasteiger partial charge in [0, 0.05) is 42.3 Å². The number of benzene rings is 1. The average Bonchev–Trinajstić information content (AvgIpc) is 3.31. The van der Waals surface area contributed by atoms with E-state index < -0.39 is 48.6 Å². The van der Waals surface area contributed by atoms with Gasteiger partial charge >= 0.3 is 11.9 Å². The van der Waals surface area contributed by atoms with E-state index in [1.807, 2.05) is 0 Å². The highest BCUT2D eigenvalue weighted by Gasteiger charge is 2.44. The zero-order valence-electron chi connectivity index (χ0n) is 18.3. The number of hydrogen-bond donors (Lipinski definition) is 3. The van der Waals surface area contributed by atoms with Gasteiger partial charge in [0.15, 0.2) is 10.8 Å². The van der Waals surface area contributed by atoms with Crippen LogP contribution in [0.25, 0.3) is 0 Å². The second kappa shape index (κ2) is 9.59. The molecule has 0 amide bonds. The number of aliphatic carboxylic acids is 2. The number of aromatic nitrogens is 1. The maximum Gasteiger partial charge on any atom is 0.335 e. The molecule has 186 valence electrons. The van der Waals surface area contributed by atoms with Crippen molar-refractivity contribution >= 4 is 40.7 Å². The summed E-state index contributed by atoms with van der Waals surface area (Å²) in [5.41, 5.74) is 0.0542. The number of aliphatic imine (C=N–C) groups is 1. The number of halogens is 4. The van der Waals surface area contributed by atoms with E-state index in [9.17, 15) is 33.0 Å². The molecule has 1 fully saturated rings. The highest BCUT2D eigenvalue weighted by atomic mass is 35.5. The van der Waals surface area contributed by atoms with Crippen molar-refractivity contribution in [3.05, 3.63) is 62.0 Å². The SMILES string of the molecule is Cc1ccc([C@@H]2N=C(c3nccs3)NC(CN3C[C@H](C(=O)O)CC(F)(F)C3)=C2C(=O)O)c(Cl)c1F. The number of nitrogens with one attached hydrogen (secondary N) is 1. The number of nitrogens with zero attached hydrogens (tertiary/aromatic N) is 3.